The van der Waals surface area contributed by atoms with Crippen molar-refractivity contribution in [3.8, 4) is 0 Å². The molecule has 0 atom stereocenters. The Morgan fingerprint density at radius 1 is 1.20 bits per heavy atom. The summed E-state index contributed by atoms with van der Waals surface area (Å²) in [5.74, 6) is 0.864. The second-order valence-electron chi connectivity index (χ2n) is 5.16. The van der Waals surface area contributed by atoms with Crippen molar-refractivity contribution in [2.75, 3.05) is 13.6 Å². The summed E-state index contributed by atoms with van der Waals surface area (Å²) >= 11 is 0. The summed E-state index contributed by atoms with van der Waals surface area (Å²) in [4.78, 5) is 2.46. The van der Waals surface area contributed by atoms with Crippen molar-refractivity contribution < 1.29 is 5.11 Å². The third kappa shape index (κ3) is 4.12. The van der Waals surface area contributed by atoms with E-state index in [1.807, 2.05) is 0 Å². The summed E-state index contributed by atoms with van der Waals surface area (Å²) in [5, 5.41) is 9.28. The monoisotopic (exact) mass is 213 g/mol. The smallest absolute Gasteiger partial charge is 0.0570 e. The van der Waals surface area contributed by atoms with E-state index in [2.05, 4.69) is 25.8 Å². The van der Waals surface area contributed by atoms with Crippen LogP contribution in [0.2, 0.25) is 0 Å². The first-order valence-corrected chi connectivity index (χ1v) is 6.55. The summed E-state index contributed by atoms with van der Waals surface area (Å²) in [6.45, 7) is 5.77. The normalized spacial score (nSPS) is 26.0. The zero-order valence-corrected chi connectivity index (χ0v) is 10.6. The first kappa shape index (κ1) is 13.0. The van der Waals surface area contributed by atoms with E-state index in [1.165, 1.54) is 32.2 Å². The quantitative estimate of drug-likeness (QED) is 0.703. The van der Waals surface area contributed by atoms with Gasteiger partial charge in [0, 0.05) is 12.6 Å². The topological polar surface area (TPSA) is 23.5 Å². The second kappa shape index (κ2) is 6.49. The van der Waals surface area contributed by atoms with Crippen LogP contribution >= 0.6 is 0 Å². The van der Waals surface area contributed by atoms with Gasteiger partial charge in [0.25, 0.3) is 0 Å². The third-order valence-electron chi connectivity index (χ3n) is 3.65. The van der Waals surface area contributed by atoms with Gasteiger partial charge in [-0.2, -0.15) is 0 Å². The molecule has 0 aromatic carbocycles. The van der Waals surface area contributed by atoms with Gasteiger partial charge in [0.2, 0.25) is 0 Å². The molecule has 0 aromatic heterocycles. The van der Waals surface area contributed by atoms with Crippen LogP contribution in [0, 0.1) is 5.92 Å². The molecule has 1 fully saturated rings. The minimum atomic E-state index is -0.0201. The molecule has 1 aliphatic rings. The molecule has 0 amide bonds. The molecule has 90 valence electrons. The van der Waals surface area contributed by atoms with Crippen LogP contribution in [0.4, 0.5) is 0 Å². The van der Waals surface area contributed by atoms with Crippen LogP contribution in [-0.4, -0.2) is 35.7 Å². The van der Waals surface area contributed by atoms with Crippen LogP contribution in [0.1, 0.15) is 52.4 Å². The van der Waals surface area contributed by atoms with Crippen molar-refractivity contribution in [3.63, 3.8) is 0 Å². The van der Waals surface area contributed by atoms with Crippen LogP contribution in [0.15, 0.2) is 0 Å². The van der Waals surface area contributed by atoms with E-state index in [0.29, 0.717) is 6.04 Å². The van der Waals surface area contributed by atoms with Gasteiger partial charge in [0.05, 0.1) is 6.10 Å². The van der Waals surface area contributed by atoms with Gasteiger partial charge < -0.3 is 10.0 Å². The van der Waals surface area contributed by atoms with Crippen molar-refractivity contribution in [3.05, 3.63) is 0 Å². The highest BCUT2D eigenvalue weighted by Crippen LogP contribution is 2.26. The molecule has 0 spiro atoms. The number of aliphatic hydroxyl groups excluding tert-OH is 1. The molecule has 1 rings (SSSR count). The van der Waals surface area contributed by atoms with E-state index in [0.717, 1.165) is 18.8 Å². The molecule has 0 radical (unpaired) electrons. The van der Waals surface area contributed by atoms with Crippen molar-refractivity contribution >= 4 is 0 Å². The van der Waals surface area contributed by atoms with Crippen molar-refractivity contribution in [2.24, 2.45) is 5.92 Å². The second-order valence-corrected chi connectivity index (χ2v) is 5.16. The molecule has 2 nitrogen and oxygen atoms in total. The summed E-state index contributed by atoms with van der Waals surface area (Å²) in [6.07, 6.45) is 7.26. The maximum absolute atomic E-state index is 9.28. The fourth-order valence-corrected chi connectivity index (χ4v) is 2.62. The van der Waals surface area contributed by atoms with E-state index in [-0.39, 0.29) is 6.10 Å². The van der Waals surface area contributed by atoms with E-state index in [1.54, 1.807) is 0 Å². The number of aliphatic hydroxyl groups is 1. The maximum Gasteiger partial charge on any atom is 0.0570 e. The number of nitrogens with zero attached hydrogens (tertiary/aromatic N) is 1. The van der Waals surface area contributed by atoms with E-state index >= 15 is 0 Å². The summed E-state index contributed by atoms with van der Waals surface area (Å²) in [5.41, 5.74) is 0. The Bertz CT molecular complexity index is 160. The summed E-state index contributed by atoms with van der Waals surface area (Å²) < 4.78 is 0. The fourth-order valence-electron chi connectivity index (χ4n) is 2.62. The van der Waals surface area contributed by atoms with Gasteiger partial charge in [0.1, 0.15) is 0 Å². The van der Waals surface area contributed by atoms with Crippen LogP contribution < -0.4 is 0 Å². The molecule has 1 saturated carbocycles. The standard InChI is InChI=1S/C13H27NO/c1-4-6-11(7-5-2)10-14(3)12-8-13(15)9-12/h11-13,15H,4-10H2,1-3H3. The SMILES string of the molecule is CCCC(CCC)CN(C)C1CC(O)C1. The lowest BCUT2D eigenvalue weighted by atomic mass is 9.87. The highest BCUT2D eigenvalue weighted by atomic mass is 16.3. The highest BCUT2D eigenvalue weighted by molar-refractivity contribution is 4.86. The van der Waals surface area contributed by atoms with Crippen LogP contribution in [0.3, 0.4) is 0 Å². The largest absolute Gasteiger partial charge is 0.393 e. The van der Waals surface area contributed by atoms with Crippen LogP contribution in [0.5, 0.6) is 0 Å². The average molecular weight is 213 g/mol. The molecule has 0 unspecified atom stereocenters. The van der Waals surface area contributed by atoms with Gasteiger partial charge in [-0.15, -0.1) is 0 Å². The molecule has 0 aliphatic heterocycles. The predicted octanol–water partition coefficient (Wildman–Crippen LogP) is 2.66. The van der Waals surface area contributed by atoms with E-state index < -0.39 is 0 Å². The number of rotatable bonds is 7. The molecule has 0 bridgehead atoms. The van der Waals surface area contributed by atoms with E-state index in [9.17, 15) is 5.11 Å². The van der Waals surface area contributed by atoms with Crippen molar-refractivity contribution in [2.45, 2.75) is 64.5 Å². The van der Waals surface area contributed by atoms with Gasteiger partial charge in [0.15, 0.2) is 0 Å². The van der Waals surface area contributed by atoms with Crippen LogP contribution in [-0.2, 0) is 0 Å². The van der Waals surface area contributed by atoms with E-state index in [4.69, 9.17) is 0 Å². The molecule has 2 heteroatoms. The first-order chi connectivity index (χ1) is 7.17. The fraction of sp³-hybridized carbons (Fsp3) is 1.00. The molecule has 0 aromatic rings. The zero-order chi connectivity index (χ0) is 11.3. The van der Waals surface area contributed by atoms with Gasteiger partial charge in [-0.3, -0.25) is 0 Å². The van der Waals surface area contributed by atoms with Gasteiger partial charge >= 0.3 is 0 Å². The Morgan fingerprint density at radius 2 is 1.73 bits per heavy atom. The third-order valence-corrected chi connectivity index (χ3v) is 3.65. The number of hydrogen-bond donors (Lipinski definition) is 1. The number of hydrogen-bond acceptors (Lipinski definition) is 2. The minimum Gasteiger partial charge on any atom is -0.393 e. The first-order valence-electron chi connectivity index (χ1n) is 6.55. The molecule has 1 aliphatic carbocycles. The van der Waals surface area contributed by atoms with Crippen molar-refractivity contribution in [1.82, 2.24) is 4.90 Å². The average Bonchev–Trinajstić information content (AvgIpc) is 2.13. The predicted molar refractivity (Wildman–Crippen MR) is 65.0 cm³/mol. The zero-order valence-electron chi connectivity index (χ0n) is 10.6. The highest BCUT2D eigenvalue weighted by Gasteiger charge is 2.30. The van der Waals surface area contributed by atoms with Gasteiger partial charge in [-0.1, -0.05) is 26.7 Å². The Labute approximate surface area is 94.7 Å². The Morgan fingerprint density at radius 3 is 2.13 bits per heavy atom. The van der Waals surface area contributed by atoms with Gasteiger partial charge in [-0.25, -0.2) is 0 Å². The summed E-state index contributed by atoms with van der Waals surface area (Å²) in [7, 11) is 2.22. The minimum absolute atomic E-state index is 0.0201. The van der Waals surface area contributed by atoms with Gasteiger partial charge in [-0.05, 0) is 38.6 Å². The molecule has 0 heterocycles. The Hall–Kier alpha value is -0.0800. The Balaban J connectivity index is 2.23. The molecule has 0 saturated heterocycles. The lowest BCUT2D eigenvalue weighted by Crippen LogP contribution is -2.46. The maximum atomic E-state index is 9.28. The van der Waals surface area contributed by atoms with Crippen molar-refractivity contribution in [1.29, 1.82) is 0 Å². The molecular formula is C13H27NO. The lowest BCUT2D eigenvalue weighted by Gasteiger charge is -2.40. The molecular weight excluding hydrogens is 186 g/mol. The van der Waals surface area contributed by atoms with Crippen LogP contribution in [0.25, 0.3) is 0 Å². The lowest BCUT2D eigenvalue weighted by molar-refractivity contribution is 0.00591. The summed E-state index contributed by atoms with van der Waals surface area (Å²) in [6, 6.07) is 0.649. The molecule has 15 heavy (non-hydrogen) atoms. The molecule has 1 N–H and O–H groups in total. The Kier molecular flexibility index (Phi) is 5.62.